The van der Waals surface area contributed by atoms with E-state index in [1.807, 2.05) is 0 Å². The molecule has 1 aromatic rings. The molecule has 0 aliphatic heterocycles. The first-order valence-electron chi connectivity index (χ1n) is 9.19. The van der Waals surface area contributed by atoms with Crippen molar-refractivity contribution in [2.75, 3.05) is 5.32 Å². The van der Waals surface area contributed by atoms with Gasteiger partial charge in [-0.2, -0.15) is 0 Å². The average Bonchev–Trinajstić information content (AvgIpc) is 2.57. The fraction of sp³-hybridized carbons (Fsp3) is 0.579. The van der Waals surface area contributed by atoms with Gasteiger partial charge in [0.25, 0.3) is 0 Å². The number of amides is 1. The zero-order valence-corrected chi connectivity index (χ0v) is 16.9. The van der Waals surface area contributed by atoms with Crippen LogP contribution in [0.1, 0.15) is 51.4 Å². The number of carbonyl (C=O) groups excluding carboxylic acids is 1. The van der Waals surface area contributed by atoms with Crippen molar-refractivity contribution in [3.8, 4) is 5.75 Å². The predicted octanol–water partition coefficient (Wildman–Crippen LogP) is 5.51. The third kappa shape index (κ3) is 5.24. The molecule has 0 aromatic heterocycles. The number of anilines is 1. The van der Waals surface area contributed by atoms with Crippen LogP contribution in [0.15, 0.2) is 12.1 Å². The molecule has 2 aliphatic rings. The molecule has 4 nitrogen and oxygen atoms in total. The minimum Gasteiger partial charge on any atom is -0.505 e. The first-order valence-corrected chi connectivity index (χ1v) is 10.4. The molecular weight excluding hydrogens is 391 g/mol. The Hall–Kier alpha value is -1.04. The van der Waals surface area contributed by atoms with Crippen LogP contribution in [0, 0.1) is 17.8 Å². The summed E-state index contributed by atoms with van der Waals surface area (Å²) in [7, 11) is 0. The topological polar surface area (TPSA) is 61.4 Å². The van der Waals surface area contributed by atoms with E-state index in [1.54, 1.807) is 0 Å². The van der Waals surface area contributed by atoms with Crippen LogP contribution in [-0.2, 0) is 4.79 Å². The minimum atomic E-state index is -0.175. The summed E-state index contributed by atoms with van der Waals surface area (Å²) in [6.07, 6.45) is 9.48. The van der Waals surface area contributed by atoms with Crippen molar-refractivity contribution in [1.82, 2.24) is 5.32 Å². The van der Waals surface area contributed by atoms with Crippen molar-refractivity contribution in [1.29, 1.82) is 0 Å². The van der Waals surface area contributed by atoms with Crippen molar-refractivity contribution in [3.63, 3.8) is 0 Å². The lowest BCUT2D eigenvalue weighted by Gasteiger charge is -2.39. The van der Waals surface area contributed by atoms with Gasteiger partial charge in [-0.1, -0.05) is 42.5 Å². The molecule has 1 amide bonds. The Morgan fingerprint density at radius 3 is 2.38 bits per heavy atom. The number of halogens is 2. The number of carbonyl (C=O) groups is 1. The summed E-state index contributed by atoms with van der Waals surface area (Å²) >= 11 is 16.9. The Morgan fingerprint density at radius 1 is 1.15 bits per heavy atom. The molecule has 3 N–H and O–H groups in total. The largest absolute Gasteiger partial charge is 0.505 e. The lowest BCUT2D eigenvalue weighted by atomic mass is 9.67. The van der Waals surface area contributed by atoms with Gasteiger partial charge in [-0.25, -0.2) is 0 Å². The van der Waals surface area contributed by atoms with E-state index in [0.29, 0.717) is 18.0 Å². The summed E-state index contributed by atoms with van der Waals surface area (Å²) in [5, 5.41) is 15.6. The maximum Gasteiger partial charge on any atom is 0.226 e. The van der Waals surface area contributed by atoms with Crippen molar-refractivity contribution in [2.24, 2.45) is 17.8 Å². The van der Waals surface area contributed by atoms with Crippen LogP contribution in [0.3, 0.4) is 0 Å². The monoisotopic (exact) mass is 414 g/mol. The van der Waals surface area contributed by atoms with Gasteiger partial charge in [0.05, 0.1) is 10.0 Å². The van der Waals surface area contributed by atoms with Crippen molar-refractivity contribution in [2.45, 2.75) is 51.4 Å². The number of thiocarbonyl (C=S) groups is 1. The summed E-state index contributed by atoms with van der Waals surface area (Å²) in [6, 6.07) is 3.00. The van der Waals surface area contributed by atoms with Crippen molar-refractivity contribution < 1.29 is 9.90 Å². The maximum atomic E-state index is 12.2. The highest BCUT2D eigenvalue weighted by Gasteiger charge is 2.31. The highest BCUT2D eigenvalue weighted by molar-refractivity contribution is 7.80. The molecule has 0 spiro atoms. The van der Waals surface area contributed by atoms with E-state index in [1.165, 1.54) is 50.7 Å². The number of rotatable bonds is 4. The Balaban J connectivity index is 1.44. The molecule has 1 aromatic carbocycles. The highest BCUT2D eigenvalue weighted by Crippen LogP contribution is 2.43. The molecule has 0 heterocycles. The molecule has 2 fully saturated rings. The van der Waals surface area contributed by atoms with Crippen molar-refractivity contribution in [3.05, 3.63) is 22.2 Å². The van der Waals surface area contributed by atoms with Gasteiger partial charge in [-0.05, 0) is 67.8 Å². The lowest BCUT2D eigenvalue weighted by molar-refractivity contribution is -0.120. The Bertz CT molecular complexity index is 663. The van der Waals surface area contributed by atoms with Gasteiger partial charge >= 0.3 is 0 Å². The molecule has 2 atom stereocenters. The molecule has 26 heavy (non-hydrogen) atoms. The van der Waals surface area contributed by atoms with E-state index in [0.717, 1.165) is 18.3 Å². The standard InChI is InChI=1S/C19H24Cl2N2O2S/c20-15-9-14(10-16(21)18(15)25)22-19(26)23-17(24)5-4-13-7-11-2-1-3-12(6-11)8-13/h9-13,25H,1-8H2,(H2,22,23,24,26). The van der Waals surface area contributed by atoms with Gasteiger partial charge < -0.3 is 15.7 Å². The average molecular weight is 415 g/mol. The zero-order chi connectivity index (χ0) is 18.7. The first-order chi connectivity index (χ1) is 12.4. The number of hydrogen-bond acceptors (Lipinski definition) is 3. The van der Waals surface area contributed by atoms with Crippen LogP contribution in [0.2, 0.25) is 10.0 Å². The molecule has 0 saturated heterocycles. The van der Waals surface area contributed by atoms with E-state index in [-0.39, 0.29) is 26.8 Å². The summed E-state index contributed by atoms with van der Waals surface area (Å²) in [5.74, 6) is 2.17. The number of phenolic OH excluding ortho intramolecular Hbond substituents is 1. The number of hydrogen-bond donors (Lipinski definition) is 3. The Kier molecular flexibility index (Phi) is 6.65. The van der Waals surface area contributed by atoms with E-state index in [9.17, 15) is 9.90 Å². The molecule has 2 aliphatic carbocycles. The maximum absolute atomic E-state index is 12.2. The highest BCUT2D eigenvalue weighted by atomic mass is 35.5. The molecular formula is C19H24Cl2N2O2S. The number of phenols is 1. The van der Waals surface area contributed by atoms with Crippen molar-refractivity contribution >= 4 is 52.1 Å². The van der Waals surface area contributed by atoms with Crippen LogP contribution in [-0.4, -0.2) is 16.1 Å². The second-order valence-corrected chi connectivity index (χ2v) is 8.79. The van der Waals surface area contributed by atoms with Gasteiger partial charge in [0, 0.05) is 12.1 Å². The number of fused-ring (bicyclic) bond motifs is 2. The van der Waals surface area contributed by atoms with E-state index in [4.69, 9.17) is 35.4 Å². The van der Waals surface area contributed by atoms with E-state index >= 15 is 0 Å². The second-order valence-electron chi connectivity index (χ2n) is 7.57. The lowest BCUT2D eigenvalue weighted by Crippen LogP contribution is -2.34. The molecule has 3 rings (SSSR count). The fourth-order valence-electron chi connectivity index (χ4n) is 4.43. The molecule has 2 bridgehead atoms. The van der Waals surface area contributed by atoms with Crippen LogP contribution in [0.25, 0.3) is 0 Å². The fourth-order valence-corrected chi connectivity index (χ4v) is 5.15. The summed E-state index contributed by atoms with van der Waals surface area (Å²) in [4.78, 5) is 12.2. The first kappa shape index (κ1) is 19.7. The molecule has 7 heteroatoms. The molecule has 0 radical (unpaired) electrons. The molecule has 2 unspecified atom stereocenters. The molecule has 2 saturated carbocycles. The quantitative estimate of drug-likeness (QED) is 0.448. The Labute approximate surface area is 169 Å². The van der Waals surface area contributed by atoms with Crippen LogP contribution < -0.4 is 10.6 Å². The number of aromatic hydroxyl groups is 1. The third-order valence-corrected chi connectivity index (χ3v) is 6.31. The SMILES string of the molecule is O=C(CCC1CC2CCCC(C2)C1)NC(=S)Nc1cc(Cl)c(O)c(Cl)c1. The normalized spacial score (nSPS) is 24.8. The predicted molar refractivity (Wildman–Crippen MR) is 110 cm³/mol. The van der Waals surface area contributed by atoms with Crippen LogP contribution in [0.5, 0.6) is 5.75 Å². The van der Waals surface area contributed by atoms with Gasteiger partial charge in [0.1, 0.15) is 0 Å². The summed E-state index contributed by atoms with van der Waals surface area (Å²) in [5.41, 5.74) is 0.517. The molecule has 142 valence electrons. The zero-order valence-electron chi connectivity index (χ0n) is 14.6. The van der Waals surface area contributed by atoms with Gasteiger partial charge in [0.2, 0.25) is 5.91 Å². The number of nitrogens with one attached hydrogen (secondary N) is 2. The van der Waals surface area contributed by atoms with Gasteiger partial charge in [-0.3, -0.25) is 4.79 Å². The van der Waals surface area contributed by atoms with E-state index < -0.39 is 0 Å². The smallest absolute Gasteiger partial charge is 0.226 e. The number of benzene rings is 1. The second kappa shape index (κ2) is 8.77. The summed E-state index contributed by atoms with van der Waals surface area (Å²) < 4.78 is 0. The third-order valence-electron chi connectivity index (χ3n) is 5.53. The van der Waals surface area contributed by atoms with Gasteiger partial charge in [0.15, 0.2) is 10.9 Å². The van der Waals surface area contributed by atoms with E-state index in [2.05, 4.69) is 10.6 Å². The van der Waals surface area contributed by atoms with Crippen LogP contribution in [0.4, 0.5) is 5.69 Å². The minimum absolute atomic E-state index is 0.0748. The van der Waals surface area contributed by atoms with Gasteiger partial charge in [-0.15, -0.1) is 0 Å². The summed E-state index contributed by atoms with van der Waals surface area (Å²) in [6.45, 7) is 0. The Morgan fingerprint density at radius 2 is 1.77 bits per heavy atom. The van der Waals surface area contributed by atoms with Crippen LogP contribution >= 0.6 is 35.4 Å².